The summed E-state index contributed by atoms with van der Waals surface area (Å²) in [5.41, 5.74) is 0.824. The second-order valence-electron chi connectivity index (χ2n) is 7.39. The van der Waals surface area contributed by atoms with E-state index in [1.165, 1.54) is 23.5 Å². The Hall–Kier alpha value is -3.13. The molecule has 2 aromatic carbocycles. The summed E-state index contributed by atoms with van der Waals surface area (Å²) in [6, 6.07) is 17.0. The molecule has 1 N–H and O–H groups in total. The maximum atomic E-state index is 13.0. The van der Waals surface area contributed by atoms with Crippen LogP contribution in [-0.4, -0.2) is 31.2 Å². The topological polar surface area (TPSA) is 84.3 Å². The molecule has 30 heavy (non-hydrogen) atoms. The molecule has 1 aliphatic carbocycles. The number of sulfonamides is 1. The minimum atomic E-state index is -3.80. The molecule has 1 aromatic heterocycles. The van der Waals surface area contributed by atoms with Crippen LogP contribution >= 0.6 is 0 Å². The van der Waals surface area contributed by atoms with Gasteiger partial charge in [0.25, 0.3) is 15.9 Å². The zero-order chi connectivity index (χ0) is 21.1. The summed E-state index contributed by atoms with van der Waals surface area (Å²) < 4.78 is 29.1. The first-order valence-electron chi connectivity index (χ1n) is 9.96. The standard InChI is InChI=1S/C22H24N4O3S/c1-25(18-9-3-2-4-10-18)30(28,29)20-13-7-8-17(16-20)22(27)24-21-14-15-23-26(21)19-11-5-6-12-19/h2-4,7-10,13-16,19H,5-6,11-12H2,1H3,(H,24,27). The number of nitrogens with one attached hydrogen (secondary N) is 1. The van der Waals surface area contributed by atoms with Gasteiger partial charge in [-0.25, -0.2) is 13.1 Å². The molecule has 0 unspecified atom stereocenters. The zero-order valence-electron chi connectivity index (χ0n) is 16.7. The van der Waals surface area contributed by atoms with Crippen molar-refractivity contribution in [2.45, 2.75) is 36.6 Å². The number of anilines is 2. The van der Waals surface area contributed by atoms with Crippen molar-refractivity contribution in [2.24, 2.45) is 0 Å². The van der Waals surface area contributed by atoms with Crippen molar-refractivity contribution in [3.8, 4) is 0 Å². The first-order valence-corrected chi connectivity index (χ1v) is 11.4. The Morgan fingerprint density at radius 1 is 1.07 bits per heavy atom. The number of carbonyl (C=O) groups is 1. The van der Waals surface area contributed by atoms with Crippen LogP contribution in [-0.2, 0) is 10.0 Å². The Morgan fingerprint density at radius 3 is 2.53 bits per heavy atom. The van der Waals surface area contributed by atoms with Gasteiger partial charge in [-0.1, -0.05) is 37.1 Å². The van der Waals surface area contributed by atoms with Gasteiger partial charge in [0, 0.05) is 18.7 Å². The molecule has 1 heterocycles. The highest BCUT2D eigenvalue weighted by Crippen LogP contribution is 2.31. The molecule has 4 rings (SSSR count). The van der Waals surface area contributed by atoms with Gasteiger partial charge in [0.2, 0.25) is 0 Å². The summed E-state index contributed by atoms with van der Waals surface area (Å²) >= 11 is 0. The minimum Gasteiger partial charge on any atom is -0.307 e. The van der Waals surface area contributed by atoms with Gasteiger partial charge in [-0.2, -0.15) is 5.10 Å². The van der Waals surface area contributed by atoms with Gasteiger partial charge in [0.15, 0.2) is 0 Å². The number of para-hydroxylation sites is 1. The number of nitrogens with zero attached hydrogens (tertiary/aromatic N) is 3. The van der Waals surface area contributed by atoms with Crippen molar-refractivity contribution >= 4 is 27.4 Å². The highest BCUT2D eigenvalue weighted by atomic mass is 32.2. The van der Waals surface area contributed by atoms with E-state index in [-0.39, 0.29) is 16.4 Å². The molecule has 7 nitrogen and oxygen atoms in total. The van der Waals surface area contributed by atoms with Gasteiger partial charge in [-0.15, -0.1) is 0 Å². The molecule has 0 atom stereocenters. The Kier molecular flexibility index (Phi) is 5.59. The van der Waals surface area contributed by atoms with E-state index in [4.69, 9.17) is 0 Å². The van der Waals surface area contributed by atoms with Crippen LogP contribution in [0, 0.1) is 0 Å². The average molecular weight is 425 g/mol. The quantitative estimate of drug-likeness (QED) is 0.646. The van der Waals surface area contributed by atoms with E-state index in [2.05, 4.69) is 10.4 Å². The monoisotopic (exact) mass is 424 g/mol. The third kappa shape index (κ3) is 3.95. The van der Waals surface area contributed by atoms with Gasteiger partial charge in [-0.3, -0.25) is 9.10 Å². The van der Waals surface area contributed by atoms with Crippen LogP contribution < -0.4 is 9.62 Å². The number of rotatable bonds is 6. The summed E-state index contributed by atoms with van der Waals surface area (Å²) in [4.78, 5) is 12.9. The summed E-state index contributed by atoms with van der Waals surface area (Å²) in [6.07, 6.45) is 6.08. The van der Waals surface area contributed by atoms with Crippen LogP contribution in [0.15, 0.2) is 71.8 Å². The van der Waals surface area contributed by atoms with Crippen LogP contribution in [0.5, 0.6) is 0 Å². The predicted molar refractivity (Wildman–Crippen MR) is 116 cm³/mol. The molecular weight excluding hydrogens is 400 g/mol. The van der Waals surface area contributed by atoms with E-state index in [0.717, 1.165) is 25.7 Å². The Labute approximate surface area is 176 Å². The van der Waals surface area contributed by atoms with Gasteiger partial charge in [0.1, 0.15) is 5.82 Å². The molecular formula is C22H24N4O3S. The zero-order valence-corrected chi connectivity index (χ0v) is 17.5. The van der Waals surface area contributed by atoms with Gasteiger partial charge in [0.05, 0.1) is 22.8 Å². The van der Waals surface area contributed by atoms with Crippen molar-refractivity contribution < 1.29 is 13.2 Å². The molecule has 156 valence electrons. The summed E-state index contributed by atoms with van der Waals surface area (Å²) in [5.74, 6) is 0.260. The van der Waals surface area contributed by atoms with E-state index >= 15 is 0 Å². The van der Waals surface area contributed by atoms with E-state index in [1.807, 2.05) is 10.7 Å². The number of hydrogen-bond donors (Lipinski definition) is 1. The van der Waals surface area contributed by atoms with Crippen LogP contribution in [0.3, 0.4) is 0 Å². The van der Waals surface area contributed by atoms with Crippen molar-refractivity contribution in [3.63, 3.8) is 0 Å². The maximum Gasteiger partial charge on any atom is 0.264 e. The lowest BCUT2D eigenvalue weighted by Gasteiger charge is -2.20. The Morgan fingerprint density at radius 2 is 1.80 bits per heavy atom. The Balaban J connectivity index is 1.56. The highest BCUT2D eigenvalue weighted by molar-refractivity contribution is 7.92. The lowest BCUT2D eigenvalue weighted by molar-refractivity contribution is 0.102. The van der Waals surface area contributed by atoms with Crippen LogP contribution in [0.25, 0.3) is 0 Å². The molecule has 0 saturated heterocycles. The van der Waals surface area contributed by atoms with Gasteiger partial charge in [-0.05, 0) is 43.2 Å². The number of benzene rings is 2. The third-order valence-electron chi connectivity index (χ3n) is 5.46. The Bertz CT molecular complexity index is 1140. The molecule has 0 aliphatic heterocycles. The summed E-state index contributed by atoms with van der Waals surface area (Å²) in [5, 5.41) is 7.23. The fourth-order valence-corrected chi connectivity index (χ4v) is 5.02. The molecule has 0 radical (unpaired) electrons. The first-order chi connectivity index (χ1) is 14.5. The molecule has 8 heteroatoms. The van der Waals surface area contributed by atoms with Crippen LogP contribution in [0.2, 0.25) is 0 Å². The molecule has 3 aromatic rings. The minimum absolute atomic E-state index is 0.0609. The third-order valence-corrected chi connectivity index (χ3v) is 7.24. The van der Waals surface area contributed by atoms with E-state index in [9.17, 15) is 13.2 Å². The molecule has 0 spiro atoms. The second-order valence-corrected chi connectivity index (χ2v) is 9.36. The molecule has 1 saturated carbocycles. The van der Waals surface area contributed by atoms with Gasteiger partial charge >= 0.3 is 0 Å². The number of amides is 1. The van der Waals surface area contributed by atoms with Crippen LogP contribution in [0.1, 0.15) is 42.1 Å². The van der Waals surface area contributed by atoms with E-state index in [0.29, 0.717) is 17.5 Å². The molecule has 1 aliphatic rings. The van der Waals surface area contributed by atoms with Gasteiger partial charge < -0.3 is 5.32 Å². The van der Waals surface area contributed by atoms with Crippen molar-refractivity contribution in [1.29, 1.82) is 0 Å². The number of aromatic nitrogens is 2. The smallest absolute Gasteiger partial charge is 0.264 e. The molecule has 1 fully saturated rings. The van der Waals surface area contributed by atoms with Crippen molar-refractivity contribution in [2.75, 3.05) is 16.7 Å². The average Bonchev–Trinajstić information content (AvgIpc) is 3.45. The van der Waals surface area contributed by atoms with Crippen molar-refractivity contribution in [3.05, 3.63) is 72.4 Å². The highest BCUT2D eigenvalue weighted by Gasteiger charge is 2.24. The van der Waals surface area contributed by atoms with E-state index in [1.54, 1.807) is 48.7 Å². The number of carbonyl (C=O) groups excluding carboxylic acids is 1. The fraction of sp³-hybridized carbons (Fsp3) is 0.273. The lowest BCUT2D eigenvalue weighted by atomic mass is 10.2. The summed E-state index contributed by atoms with van der Waals surface area (Å²) in [7, 11) is -2.30. The maximum absolute atomic E-state index is 13.0. The summed E-state index contributed by atoms with van der Waals surface area (Å²) in [6.45, 7) is 0. The molecule has 1 amide bonds. The SMILES string of the molecule is CN(c1ccccc1)S(=O)(=O)c1cccc(C(=O)Nc2ccnn2C2CCCC2)c1. The molecule has 0 bridgehead atoms. The lowest BCUT2D eigenvalue weighted by Crippen LogP contribution is -2.27. The number of hydrogen-bond acceptors (Lipinski definition) is 4. The predicted octanol–water partition coefficient (Wildman–Crippen LogP) is 4.08. The second kappa shape index (κ2) is 8.31. The largest absolute Gasteiger partial charge is 0.307 e. The van der Waals surface area contributed by atoms with Crippen LogP contribution in [0.4, 0.5) is 11.5 Å². The normalized spacial score (nSPS) is 14.6. The fourth-order valence-electron chi connectivity index (χ4n) is 3.77. The van der Waals surface area contributed by atoms with E-state index < -0.39 is 10.0 Å². The first kappa shape index (κ1) is 20.2. The van der Waals surface area contributed by atoms with Crippen molar-refractivity contribution in [1.82, 2.24) is 9.78 Å².